The number of rotatable bonds is 21. The van der Waals surface area contributed by atoms with Gasteiger partial charge in [-0.05, 0) is 69.8 Å². The van der Waals surface area contributed by atoms with Crippen molar-refractivity contribution in [2.75, 3.05) is 6.54 Å². The Morgan fingerprint density at radius 2 is 0.938 bits per heavy atom. The molecule has 1 N–H and O–H groups in total. The summed E-state index contributed by atoms with van der Waals surface area (Å²) in [5.74, 6) is 0. The Labute approximate surface area is 226 Å². The first kappa shape index (κ1) is 30.6. The number of hydrogen-bond donors (Lipinski definition) is 1. The molecule has 0 saturated heterocycles. The van der Waals surface area contributed by atoms with Gasteiger partial charge in [0, 0.05) is 13.7 Å². The maximum absolute atomic E-state index is 12.4. The summed E-state index contributed by atoms with van der Waals surface area (Å²) in [6.45, 7) is 2.81. The SMILES string of the molecule is CCCCCCCCCCCCCCCCCCCCNS(=O)(=O)c1cc(I)cc(I)c1. The van der Waals surface area contributed by atoms with Crippen LogP contribution in [0.3, 0.4) is 0 Å². The molecule has 0 aliphatic carbocycles. The van der Waals surface area contributed by atoms with Crippen molar-refractivity contribution in [1.29, 1.82) is 0 Å². The van der Waals surface area contributed by atoms with E-state index in [9.17, 15) is 8.42 Å². The molecule has 32 heavy (non-hydrogen) atoms. The van der Waals surface area contributed by atoms with Crippen molar-refractivity contribution >= 4 is 55.2 Å². The van der Waals surface area contributed by atoms with Crippen molar-refractivity contribution in [3.05, 3.63) is 25.3 Å². The summed E-state index contributed by atoms with van der Waals surface area (Å²) in [6, 6.07) is 5.42. The highest BCUT2D eigenvalue weighted by Crippen LogP contribution is 2.18. The van der Waals surface area contributed by atoms with Crippen molar-refractivity contribution in [1.82, 2.24) is 4.72 Å². The Bertz CT molecular complexity index is 675. The molecule has 1 aromatic rings. The first-order valence-corrected chi connectivity index (χ1v) is 16.6. The van der Waals surface area contributed by atoms with Gasteiger partial charge in [-0.3, -0.25) is 0 Å². The first-order valence-electron chi connectivity index (χ1n) is 12.9. The predicted molar refractivity (Wildman–Crippen MR) is 156 cm³/mol. The fourth-order valence-electron chi connectivity index (χ4n) is 4.00. The Morgan fingerprint density at radius 3 is 1.31 bits per heavy atom. The molecule has 6 heteroatoms. The van der Waals surface area contributed by atoms with Crippen LogP contribution in [0.2, 0.25) is 0 Å². The van der Waals surface area contributed by atoms with Gasteiger partial charge in [0.2, 0.25) is 10.0 Å². The van der Waals surface area contributed by atoms with E-state index in [1.54, 1.807) is 12.1 Å². The van der Waals surface area contributed by atoms with Crippen LogP contribution in [-0.2, 0) is 10.0 Å². The Hall–Kier alpha value is 0.590. The van der Waals surface area contributed by atoms with Gasteiger partial charge in [-0.15, -0.1) is 0 Å². The van der Waals surface area contributed by atoms with Gasteiger partial charge in [0.15, 0.2) is 0 Å². The number of hydrogen-bond acceptors (Lipinski definition) is 2. The van der Waals surface area contributed by atoms with E-state index in [-0.39, 0.29) is 0 Å². The van der Waals surface area contributed by atoms with E-state index < -0.39 is 10.0 Å². The average Bonchev–Trinajstić information content (AvgIpc) is 2.74. The minimum atomic E-state index is -3.39. The summed E-state index contributed by atoms with van der Waals surface area (Å²) in [6.07, 6.45) is 24.2. The summed E-state index contributed by atoms with van der Waals surface area (Å²) < 4.78 is 29.4. The molecule has 0 unspecified atom stereocenters. The van der Waals surface area contributed by atoms with E-state index in [0.717, 1.165) is 20.0 Å². The van der Waals surface area contributed by atoms with Gasteiger partial charge in [-0.25, -0.2) is 13.1 Å². The lowest BCUT2D eigenvalue weighted by Crippen LogP contribution is -2.25. The van der Waals surface area contributed by atoms with Crippen LogP contribution >= 0.6 is 45.2 Å². The molecular weight excluding hydrogens is 644 g/mol. The molecule has 1 aromatic carbocycles. The molecule has 0 aliphatic heterocycles. The van der Waals surface area contributed by atoms with Crippen molar-refractivity contribution in [3.8, 4) is 0 Å². The molecule has 1 rings (SSSR count). The number of unbranched alkanes of at least 4 members (excludes halogenated alkanes) is 17. The van der Waals surface area contributed by atoms with Gasteiger partial charge in [0.1, 0.15) is 0 Å². The van der Waals surface area contributed by atoms with E-state index in [4.69, 9.17) is 0 Å². The Morgan fingerprint density at radius 1 is 0.594 bits per heavy atom. The lowest BCUT2D eigenvalue weighted by Gasteiger charge is -2.08. The topological polar surface area (TPSA) is 46.2 Å². The molecule has 0 fully saturated rings. The third kappa shape index (κ3) is 16.3. The molecule has 186 valence electrons. The van der Waals surface area contributed by atoms with E-state index >= 15 is 0 Å². The third-order valence-corrected chi connectivity index (χ3v) is 8.65. The highest BCUT2D eigenvalue weighted by molar-refractivity contribution is 14.1. The second-order valence-electron chi connectivity index (χ2n) is 9.01. The number of sulfonamides is 1. The summed E-state index contributed by atoms with van der Waals surface area (Å²) in [5.41, 5.74) is 0. The van der Waals surface area contributed by atoms with Crippen LogP contribution in [-0.4, -0.2) is 15.0 Å². The highest BCUT2D eigenvalue weighted by Gasteiger charge is 2.14. The van der Waals surface area contributed by atoms with Gasteiger partial charge < -0.3 is 0 Å². The molecule has 0 aromatic heterocycles. The zero-order chi connectivity index (χ0) is 23.5. The predicted octanol–water partition coefficient (Wildman–Crippen LogP) is 9.22. The third-order valence-electron chi connectivity index (χ3n) is 5.97. The molecule has 0 spiro atoms. The zero-order valence-electron chi connectivity index (χ0n) is 20.1. The molecule has 3 nitrogen and oxygen atoms in total. The highest BCUT2D eigenvalue weighted by atomic mass is 127. The van der Waals surface area contributed by atoms with Gasteiger partial charge in [0.05, 0.1) is 4.90 Å². The molecule has 0 atom stereocenters. The van der Waals surface area contributed by atoms with Crippen LogP contribution in [0.15, 0.2) is 23.1 Å². The minimum absolute atomic E-state index is 0.371. The fraction of sp³-hybridized carbons (Fsp3) is 0.769. The summed E-state index contributed by atoms with van der Waals surface area (Å²) in [5, 5.41) is 0. The van der Waals surface area contributed by atoms with Crippen LogP contribution in [0.5, 0.6) is 0 Å². The largest absolute Gasteiger partial charge is 0.240 e. The Balaban J connectivity index is 1.87. The van der Waals surface area contributed by atoms with Crippen molar-refractivity contribution in [2.24, 2.45) is 0 Å². The van der Waals surface area contributed by atoms with Crippen LogP contribution in [0, 0.1) is 7.14 Å². The van der Waals surface area contributed by atoms with Crippen LogP contribution in [0.4, 0.5) is 0 Å². The van der Waals surface area contributed by atoms with Crippen molar-refractivity contribution in [3.63, 3.8) is 0 Å². The van der Waals surface area contributed by atoms with Crippen molar-refractivity contribution in [2.45, 2.75) is 127 Å². The van der Waals surface area contributed by atoms with Crippen LogP contribution in [0.1, 0.15) is 122 Å². The molecular formula is C26H45I2NO2S. The van der Waals surface area contributed by atoms with Gasteiger partial charge in [0.25, 0.3) is 0 Å². The first-order chi connectivity index (χ1) is 15.5. The molecule has 0 saturated carbocycles. The second kappa shape index (κ2) is 19.8. The molecule has 0 amide bonds. The summed E-state index contributed by atoms with van der Waals surface area (Å²) in [7, 11) is -3.39. The second-order valence-corrected chi connectivity index (χ2v) is 13.3. The monoisotopic (exact) mass is 689 g/mol. The van der Waals surface area contributed by atoms with E-state index in [0.29, 0.717) is 11.4 Å². The number of halogens is 2. The van der Waals surface area contributed by atoms with Crippen LogP contribution < -0.4 is 4.72 Å². The van der Waals surface area contributed by atoms with Crippen molar-refractivity contribution < 1.29 is 8.42 Å². The molecule has 0 radical (unpaired) electrons. The van der Waals surface area contributed by atoms with E-state index in [1.807, 2.05) is 6.07 Å². The maximum atomic E-state index is 12.4. The fourth-order valence-corrected chi connectivity index (χ4v) is 7.50. The standard InChI is InChI=1S/C26H45I2NO2S/c1-2-3-4-5-6-7-8-9-10-11-12-13-14-15-16-17-18-19-20-29-32(30,31)26-22-24(27)21-25(28)23-26/h21-23,29H,2-20H2,1H3. The molecule has 0 heterocycles. The minimum Gasteiger partial charge on any atom is -0.211 e. The zero-order valence-corrected chi connectivity index (χ0v) is 25.3. The molecule has 0 bridgehead atoms. The lowest BCUT2D eigenvalue weighted by molar-refractivity contribution is 0.524. The van der Waals surface area contributed by atoms with Gasteiger partial charge in [-0.1, -0.05) is 116 Å². The van der Waals surface area contributed by atoms with Crippen LogP contribution in [0.25, 0.3) is 0 Å². The van der Waals surface area contributed by atoms with E-state index in [2.05, 4.69) is 56.8 Å². The van der Waals surface area contributed by atoms with Gasteiger partial charge in [-0.2, -0.15) is 0 Å². The summed E-state index contributed by atoms with van der Waals surface area (Å²) >= 11 is 4.32. The van der Waals surface area contributed by atoms with E-state index in [1.165, 1.54) is 103 Å². The normalized spacial score (nSPS) is 11.8. The average molecular weight is 690 g/mol. The maximum Gasteiger partial charge on any atom is 0.240 e. The lowest BCUT2D eigenvalue weighted by atomic mass is 10.0. The Kier molecular flexibility index (Phi) is 19.0. The number of benzene rings is 1. The molecule has 0 aliphatic rings. The number of nitrogens with one attached hydrogen (secondary N) is 1. The quantitative estimate of drug-likeness (QED) is 0.103. The summed E-state index contributed by atoms with van der Waals surface area (Å²) in [4.78, 5) is 0.371. The van der Waals surface area contributed by atoms with Gasteiger partial charge >= 0.3 is 0 Å². The smallest absolute Gasteiger partial charge is 0.211 e.